The first-order valence-electron chi connectivity index (χ1n) is 7.36. The molecular formula is C17H22O8. The number of hydrogen-bond acceptors (Lipinski definition) is 8. The maximum absolute atomic E-state index is 11.8. The number of ether oxygens (including phenoxy) is 4. The van der Waals surface area contributed by atoms with Crippen LogP contribution in [0, 0.1) is 0 Å². The maximum Gasteiger partial charge on any atom is 0.347 e. The van der Waals surface area contributed by atoms with Crippen molar-refractivity contribution in [2.45, 2.75) is 32.5 Å². The quantitative estimate of drug-likeness (QED) is 0.236. The molecule has 0 spiro atoms. The van der Waals surface area contributed by atoms with Gasteiger partial charge in [0.2, 0.25) is 0 Å². The van der Waals surface area contributed by atoms with Gasteiger partial charge in [-0.05, 0) is 13.8 Å². The summed E-state index contributed by atoms with van der Waals surface area (Å²) < 4.78 is 19.1. The Balaban J connectivity index is 4.37. The Morgan fingerprint density at radius 3 is 1.76 bits per heavy atom. The molecule has 0 saturated carbocycles. The third kappa shape index (κ3) is 9.09. The minimum atomic E-state index is -1.17. The van der Waals surface area contributed by atoms with Gasteiger partial charge in [-0.15, -0.1) is 0 Å². The highest BCUT2D eigenvalue weighted by molar-refractivity contribution is 5.95. The van der Waals surface area contributed by atoms with Crippen LogP contribution in [0.2, 0.25) is 0 Å². The molecule has 2 unspecified atom stereocenters. The standard InChI is InChI=1S/C17H22O8/c1-6-8-22-16(20)12(4)24-14(18)10-11(3)15(19)25-13(5)17(21)23-9-7-2/h6-7,12-13H,1-3,8-10H2,4-5H3. The Labute approximate surface area is 146 Å². The second-order valence-corrected chi connectivity index (χ2v) is 4.80. The van der Waals surface area contributed by atoms with E-state index in [-0.39, 0.29) is 18.8 Å². The summed E-state index contributed by atoms with van der Waals surface area (Å²) in [4.78, 5) is 46.4. The van der Waals surface area contributed by atoms with Crippen molar-refractivity contribution in [1.29, 1.82) is 0 Å². The molecule has 0 rings (SSSR count). The van der Waals surface area contributed by atoms with Crippen LogP contribution >= 0.6 is 0 Å². The van der Waals surface area contributed by atoms with E-state index >= 15 is 0 Å². The number of carbonyl (C=O) groups excluding carboxylic acids is 4. The first-order chi connectivity index (χ1) is 11.7. The SMILES string of the molecule is C=CCOC(=O)C(C)OC(=O)CC(=C)C(=O)OC(C)C(=O)OCC=C. The van der Waals surface area contributed by atoms with Gasteiger partial charge in [-0.25, -0.2) is 14.4 Å². The summed E-state index contributed by atoms with van der Waals surface area (Å²) in [5, 5.41) is 0. The Kier molecular flexibility index (Phi) is 10.3. The lowest BCUT2D eigenvalue weighted by Gasteiger charge is -2.14. The number of carbonyl (C=O) groups is 4. The predicted molar refractivity (Wildman–Crippen MR) is 87.2 cm³/mol. The molecule has 0 aromatic carbocycles. The second kappa shape index (κ2) is 11.6. The summed E-state index contributed by atoms with van der Waals surface area (Å²) in [6.45, 7) is 12.8. The van der Waals surface area contributed by atoms with Crippen LogP contribution < -0.4 is 0 Å². The smallest absolute Gasteiger partial charge is 0.347 e. The average Bonchev–Trinajstić information content (AvgIpc) is 2.56. The van der Waals surface area contributed by atoms with Gasteiger partial charge >= 0.3 is 23.9 Å². The Morgan fingerprint density at radius 1 is 0.880 bits per heavy atom. The molecule has 2 atom stereocenters. The van der Waals surface area contributed by atoms with E-state index in [1.54, 1.807) is 0 Å². The Morgan fingerprint density at radius 2 is 1.32 bits per heavy atom. The lowest BCUT2D eigenvalue weighted by molar-refractivity contribution is -0.166. The first kappa shape index (κ1) is 22.1. The summed E-state index contributed by atoms with van der Waals surface area (Å²) in [6, 6.07) is 0. The summed E-state index contributed by atoms with van der Waals surface area (Å²) in [7, 11) is 0. The van der Waals surface area contributed by atoms with Crippen molar-refractivity contribution in [3.05, 3.63) is 37.5 Å². The molecule has 0 aliphatic heterocycles. The van der Waals surface area contributed by atoms with E-state index in [1.165, 1.54) is 26.0 Å². The summed E-state index contributed by atoms with van der Waals surface area (Å²) in [6.07, 6.45) is -0.0994. The molecule has 138 valence electrons. The molecule has 0 heterocycles. The largest absolute Gasteiger partial charge is 0.459 e. The van der Waals surface area contributed by atoms with Crippen molar-refractivity contribution in [3.8, 4) is 0 Å². The van der Waals surface area contributed by atoms with E-state index in [0.717, 1.165) is 0 Å². The third-order valence-corrected chi connectivity index (χ3v) is 2.59. The van der Waals surface area contributed by atoms with Crippen LogP contribution in [-0.4, -0.2) is 49.3 Å². The van der Waals surface area contributed by atoms with Crippen molar-refractivity contribution in [3.63, 3.8) is 0 Å². The van der Waals surface area contributed by atoms with Gasteiger partial charge in [-0.3, -0.25) is 4.79 Å². The highest BCUT2D eigenvalue weighted by atomic mass is 16.6. The number of esters is 4. The monoisotopic (exact) mass is 354 g/mol. The molecule has 0 amide bonds. The van der Waals surface area contributed by atoms with Crippen LogP contribution in [0.15, 0.2) is 37.5 Å². The first-order valence-corrected chi connectivity index (χ1v) is 7.36. The van der Waals surface area contributed by atoms with Gasteiger partial charge in [0.15, 0.2) is 12.2 Å². The molecule has 8 heteroatoms. The van der Waals surface area contributed by atoms with E-state index in [1.807, 2.05) is 0 Å². The average molecular weight is 354 g/mol. The highest BCUT2D eigenvalue weighted by Gasteiger charge is 2.24. The zero-order valence-corrected chi connectivity index (χ0v) is 14.3. The molecule has 8 nitrogen and oxygen atoms in total. The van der Waals surface area contributed by atoms with Crippen LogP contribution in [0.4, 0.5) is 0 Å². The van der Waals surface area contributed by atoms with Crippen LogP contribution in [0.3, 0.4) is 0 Å². The van der Waals surface area contributed by atoms with Crippen molar-refractivity contribution < 1.29 is 38.1 Å². The van der Waals surface area contributed by atoms with Crippen molar-refractivity contribution in [2.24, 2.45) is 0 Å². The third-order valence-electron chi connectivity index (χ3n) is 2.59. The fraction of sp³-hybridized carbons (Fsp3) is 0.412. The van der Waals surface area contributed by atoms with Gasteiger partial charge in [0.1, 0.15) is 13.2 Å². The molecule has 0 aliphatic rings. The van der Waals surface area contributed by atoms with E-state index in [0.29, 0.717) is 0 Å². The number of rotatable bonds is 11. The van der Waals surface area contributed by atoms with Gasteiger partial charge in [0.25, 0.3) is 0 Å². The molecular weight excluding hydrogens is 332 g/mol. The summed E-state index contributed by atoms with van der Waals surface area (Å²) in [5.41, 5.74) is -0.236. The predicted octanol–water partition coefficient (Wildman–Crippen LogP) is 1.25. The maximum atomic E-state index is 11.8. The van der Waals surface area contributed by atoms with E-state index < -0.39 is 42.5 Å². The summed E-state index contributed by atoms with van der Waals surface area (Å²) >= 11 is 0. The topological polar surface area (TPSA) is 105 Å². The fourth-order valence-corrected chi connectivity index (χ4v) is 1.34. The van der Waals surface area contributed by atoms with Gasteiger partial charge in [-0.2, -0.15) is 0 Å². The van der Waals surface area contributed by atoms with Crippen LogP contribution in [0.25, 0.3) is 0 Å². The normalized spacial score (nSPS) is 12.1. The van der Waals surface area contributed by atoms with Gasteiger partial charge in [0.05, 0.1) is 6.42 Å². The lowest BCUT2D eigenvalue weighted by atomic mass is 10.2. The lowest BCUT2D eigenvalue weighted by Crippen LogP contribution is -2.29. The molecule has 0 saturated heterocycles. The Bertz CT molecular complexity index is 549. The van der Waals surface area contributed by atoms with Crippen LogP contribution in [-0.2, 0) is 38.1 Å². The minimum absolute atomic E-state index is 0.0143. The van der Waals surface area contributed by atoms with E-state index in [2.05, 4.69) is 19.7 Å². The van der Waals surface area contributed by atoms with E-state index in [4.69, 9.17) is 18.9 Å². The Hall–Kier alpha value is -2.90. The zero-order valence-electron chi connectivity index (χ0n) is 14.3. The van der Waals surface area contributed by atoms with E-state index in [9.17, 15) is 19.2 Å². The minimum Gasteiger partial charge on any atom is -0.459 e. The van der Waals surface area contributed by atoms with Gasteiger partial charge in [0, 0.05) is 5.57 Å². The molecule has 25 heavy (non-hydrogen) atoms. The van der Waals surface area contributed by atoms with Crippen molar-refractivity contribution in [1.82, 2.24) is 0 Å². The van der Waals surface area contributed by atoms with Gasteiger partial charge < -0.3 is 18.9 Å². The molecule has 0 radical (unpaired) electrons. The summed E-state index contributed by atoms with van der Waals surface area (Å²) in [5.74, 6) is -3.34. The van der Waals surface area contributed by atoms with Crippen molar-refractivity contribution in [2.75, 3.05) is 13.2 Å². The molecule has 0 N–H and O–H groups in total. The van der Waals surface area contributed by atoms with Crippen LogP contribution in [0.1, 0.15) is 20.3 Å². The molecule has 0 bridgehead atoms. The van der Waals surface area contributed by atoms with Crippen LogP contribution in [0.5, 0.6) is 0 Å². The molecule has 0 aromatic rings. The molecule has 0 aromatic heterocycles. The second-order valence-electron chi connectivity index (χ2n) is 4.80. The molecule has 0 fully saturated rings. The fourth-order valence-electron chi connectivity index (χ4n) is 1.34. The molecule has 0 aliphatic carbocycles. The highest BCUT2D eigenvalue weighted by Crippen LogP contribution is 2.08. The number of hydrogen-bond donors (Lipinski definition) is 0. The van der Waals surface area contributed by atoms with Crippen molar-refractivity contribution >= 4 is 23.9 Å². The zero-order chi connectivity index (χ0) is 19.4. The van der Waals surface area contributed by atoms with Gasteiger partial charge in [-0.1, -0.05) is 31.9 Å².